The van der Waals surface area contributed by atoms with Crippen LogP contribution in [0.25, 0.3) is 0 Å². The predicted molar refractivity (Wildman–Crippen MR) is 80.7 cm³/mol. The van der Waals surface area contributed by atoms with Gasteiger partial charge in [0.25, 0.3) is 0 Å². The van der Waals surface area contributed by atoms with Crippen molar-refractivity contribution >= 4 is 11.8 Å². The quantitative estimate of drug-likeness (QED) is 0.826. The highest BCUT2D eigenvalue weighted by Crippen LogP contribution is 2.13. The third-order valence-corrected chi connectivity index (χ3v) is 3.36. The summed E-state index contributed by atoms with van der Waals surface area (Å²) < 4.78 is 10.5. The van der Waals surface area contributed by atoms with Gasteiger partial charge in [0, 0.05) is 25.8 Å². The maximum Gasteiger partial charge on any atom is 0.228 e. The number of rotatable bonds is 6. The molecule has 8 heteroatoms. The van der Waals surface area contributed by atoms with Crippen LogP contribution in [0.5, 0.6) is 0 Å². The average molecular weight is 304 g/mol. The highest BCUT2D eigenvalue weighted by atomic mass is 16.5. The number of nitrogens with zero attached hydrogens (tertiary/aromatic N) is 4. The molecule has 0 bridgehead atoms. The topological polar surface area (TPSA) is 98.0 Å². The molecular formula is C14H20N6O2. The monoisotopic (exact) mass is 304 g/mol. The first-order valence-corrected chi connectivity index (χ1v) is 7.50. The van der Waals surface area contributed by atoms with Gasteiger partial charge in [-0.15, -0.1) is 0 Å². The Morgan fingerprint density at radius 1 is 1.36 bits per heavy atom. The van der Waals surface area contributed by atoms with Gasteiger partial charge in [-0.25, -0.2) is 4.98 Å². The van der Waals surface area contributed by atoms with Crippen LogP contribution in [-0.4, -0.2) is 45.9 Å². The summed E-state index contributed by atoms with van der Waals surface area (Å²) in [7, 11) is 0. The van der Waals surface area contributed by atoms with Crippen LogP contribution in [0.3, 0.4) is 0 Å². The second-order valence-electron chi connectivity index (χ2n) is 5.24. The molecular weight excluding hydrogens is 284 g/mol. The molecule has 0 aliphatic carbocycles. The molecule has 3 rings (SSSR count). The summed E-state index contributed by atoms with van der Waals surface area (Å²) >= 11 is 0. The fraction of sp³-hybridized carbons (Fsp3) is 0.571. The molecule has 2 N–H and O–H groups in total. The molecule has 1 atom stereocenters. The highest BCUT2D eigenvalue weighted by molar-refractivity contribution is 5.40. The molecule has 0 saturated carbocycles. The Morgan fingerprint density at radius 2 is 2.32 bits per heavy atom. The lowest BCUT2D eigenvalue weighted by molar-refractivity contribution is 0.0875. The number of anilines is 2. The first-order valence-electron chi connectivity index (χ1n) is 7.50. The first-order chi connectivity index (χ1) is 10.8. The number of ether oxygens (including phenoxy) is 1. The van der Waals surface area contributed by atoms with E-state index in [-0.39, 0.29) is 0 Å². The highest BCUT2D eigenvalue weighted by Gasteiger charge is 2.14. The minimum absolute atomic E-state index is 0.317. The molecule has 1 fully saturated rings. The van der Waals surface area contributed by atoms with E-state index in [4.69, 9.17) is 9.26 Å². The van der Waals surface area contributed by atoms with Crippen LogP contribution in [0.15, 0.2) is 16.8 Å². The number of nitrogens with one attached hydrogen (secondary N) is 2. The molecule has 0 radical (unpaired) electrons. The molecule has 3 heterocycles. The summed E-state index contributed by atoms with van der Waals surface area (Å²) in [5, 5.41) is 10.3. The van der Waals surface area contributed by atoms with Crippen molar-refractivity contribution in [3.8, 4) is 0 Å². The first kappa shape index (κ1) is 14.7. The van der Waals surface area contributed by atoms with Crippen LogP contribution in [-0.2, 0) is 11.2 Å². The van der Waals surface area contributed by atoms with Crippen molar-refractivity contribution in [2.75, 3.05) is 30.4 Å². The van der Waals surface area contributed by atoms with Crippen LogP contribution in [0, 0.1) is 6.92 Å². The molecule has 2 aromatic heterocycles. The molecule has 0 amide bonds. The molecule has 1 unspecified atom stereocenters. The SMILES string of the molecule is Cc1noc(CCNc2nccc(NC3CCCOC3)n2)n1. The second kappa shape index (κ2) is 7.17. The molecule has 118 valence electrons. The van der Waals surface area contributed by atoms with E-state index in [1.54, 1.807) is 13.1 Å². The van der Waals surface area contributed by atoms with E-state index >= 15 is 0 Å². The van der Waals surface area contributed by atoms with Gasteiger partial charge in [0.15, 0.2) is 5.82 Å². The molecule has 1 saturated heterocycles. The Kier molecular flexibility index (Phi) is 4.79. The zero-order valence-corrected chi connectivity index (χ0v) is 12.6. The average Bonchev–Trinajstić information content (AvgIpc) is 2.94. The molecule has 1 aliphatic heterocycles. The number of hydrogen-bond donors (Lipinski definition) is 2. The summed E-state index contributed by atoms with van der Waals surface area (Å²) in [4.78, 5) is 12.8. The van der Waals surface area contributed by atoms with Gasteiger partial charge in [-0.1, -0.05) is 5.16 Å². The van der Waals surface area contributed by atoms with Gasteiger partial charge in [0.2, 0.25) is 11.8 Å². The molecule has 1 aliphatic rings. The fourth-order valence-corrected chi connectivity index (χ4v) is 2.31. The minimum atomic E-state index is 0.317. The summed E-state index contributed by atoms with van der Waals surface area (Å²) in [6.07, 6.45) is 4.55. The van der Waals surface area contributed by atoms with E-state index in [1.807, 2.05) is 6.07 Å². The van der Waals surface area contributed by atoms with Gasteiger partial charge in [0.05, 0.1) is 12.6 Å². The number of hydrogen-bond acceptors (Lipinski definition) is 8. The van der Waals surface area contributed by atoms with Crippen molar-refractivity contribution in [1.82, 2.24) is 20.1 Å². The van der Waals surface area contributed by atoms with Crippen molar-refractivity contribution in [3.05, 3.63) is 24.0 Å². The number of aromatic nitrogens is 4. The second-order valence-corrected chi connectivity index (χ2v) is 5.24. The van der Waals surface area contributed by atoms with Crippen LogP contribution < -0.4 is 10.6 Å². The maximum atomic E-state index is 5.46. The molecule has 22 heavy (non-hydrogen) atoms. The van der Waals surface area contributed by atoms with Crippen molar-refractivity contribution < 1.29 is 9.26 Å². The van der Waals surface area contributed by atoms with Gasteiger partial charge in [-0.2, -0.15) is 9.97 Å². The molecule has 2 aromatic rings. The zero-order valence-electron chi connectivity index (χ0n) is 12.6. The summed E-state index contributed by atoms with van der Waals surface area (Å²) in [6.45, 7) is 4.01. The Bertz CT molecular complexity index is 597. The third-order valence-electron chi connectivity index (χ3n) is 3.36. The van der Waals surface area contributed by atoms with Gasteiger partial charge < -0.3 is 19.9 Å². The predicted octanol–water partition coefficient (Wildman–Crippen LogP) is 1.41. The third kappa shape index (κ3) is 4.14. The Labute approximate surface area is 128 Å². The minimum Gasteiger partial charge on any atom is -0.379 e. The van der Waals surface area contributed by atoms with Crippen LogP contribution in [0.2, 0.25) is 0 Å². The normalized spacial score (nSPS) is 18.1. The Balaban J connectivity index is 1.50. The van der Waals surface area contributed by atoms with Gasteiger partial charge in [0.1, 0.15) is 5.82 Å². The van der Waals surface area contributed by atoms with Crippen LogP contribution >= 0.6 is 0 Å². The van der Waals surface area contributed by atoms with E-state index in [1.165, 1.54) is 0 Å². The molecule has 8 nitrogen and oxygen atoms in total. The van der Waals surface area contributed by atoms with Gasteiger partial charge in [-0.3, -0.25) is 0 Å². The fourth-order valence-electron chi connectivity index (χ4n) is 2.31. The standard InChI is InChI=1S/C14H20N6O2/c1-10-17-13(22-20-10)5-7-16-14-15-6-4-12(19-14)18-11-3-2-8-21-9-11/h4,6,11H,2-3,5,7-9H2,1H3,(H2,15,16,18,19). The Morgan fingerprint density at radius 3 is 3.09 bits per heavy atom. The van der Waals surface area contributed by atoms with Crippen molar-refractivity contribution in [1.29, 1.82) is 0 Å². The Hall–Kier alpha value is -2.22. The lowest BCUT2D eigenvalue weighted by atomic mass is 10.1. The van der Waals surface area contributed by atoms with E-state index in [9.17, 15) is 0 Å². The van der Waals surface area contributed by atoms with E-state index in [0.29, 0.717) is 36.7 Å². The lowest BCUT2D eigenvalue weighted by Gasteiger charge is -2.23. The van der Waals surface area contributed by atoms with Crippen LogP contribution in [0.1, 0.15) is 24.6 Å². The smallest absolute Gasteiger partial charge is 0.228 e. The summed E-state index contributed by atoms with van der Waals surface area (Å²) in [6, 6.07) is 2.18. The van der Waals surface area contributed by atoms with Crippen molar-refractivity contribution in [3.63, 3.8) is 0 Å². The zero-order chi connectivity index (χ0) is 15.2. The molecule has 0 aromatic carbocycles. The van der Waals surface area contributed by atoms with Crippen molar-refractivity contribution in [2.45, 2.75) is 32.2 Å². The molecule has 0 spiro atoms. The summed E-state index contributed by atoms with van der Waals surface area (Å²) in [5.74, 6) is 2.64. The van der Waals surface area contributed by atoms with Gasteiger partial charge in [-0.05, 0) is 25.8 Å². The van der Waals surface area contributed by atoms with E-state index in [0.717, 1.165) is 31.9 Å². The largest absolute Gasteiger partial charge is 0.379 e. The number of aryl methyl sites for hydroxylation is 1. The lowest BCUT2D eigenvalue weighted by Crippen LogP contribution is -2.30. The van der Waals surface area contributed by atoms with Crippen LogP contribution in [0.4, 0.5) is 11.8 Å². The van der Waals surface area contributed by atoms with E-state index < -0.39 is 0 Å². The maximum absolute atomic E-state index is 5.46. The summed E-state index contributed by atoms with van der Waals surface area (Å²) in [5.41, 5.74) is 0. The van der Waals surface area contributed by atoms with E-state index in [2.05, 4.69) is 30.7 Å². The van der Waals surface area contributed by atoms with Gasteiger partial charge >= 0.3 is 0 Å². The van der Waals surface area contributed by atoms with Crippen molar-refractivity contribution in [2.24, 2.45) is 0 Å².